The minimum absolute atomic E-state index is 0.609. The van der Waals surface area contributed by atoms with Crippen LogP contribution in [0.2, 0.25) is 0 Å². The van der Waals surface area contributed by atoms with E-state index in [0.29, 0.717) is 9.04 Å². The van der Waals surface area contributed by atoms with Crippen LogP contribution in [0.5, 0.6) is 0 Å². The Balaban J connectivity index is 3.01. The van der Waals surface area contributed by atoms with Gasteiger partial charge in [0.2, 0.25) is 0 Å². The summed E-state index contributed by atoms with van der Waals surface area (Å²) in [6.07, 6.45) is 0. The molecule has 0 aliphatic rings. The van der Waals surface area contributed by atoms with Crippen molar-refractivity contribution in [1.82, 2.24) is 0 Å². The van der Waals surface area contributed by atoms with Gasteiger partial charge in [0.25, 0.3) is 0 Å². The predicted octanol–water partition coefficient (Wildman–Crippen LogP) is -0.318. The molecule has 0 fully saturated rings. The van der Waals surface area contributed by atoms with Gasteiger partial charge in [-0.2, -0.15) is 0 Å². The molecule has 0 amide bonds. The molecule has 1 rings (SSSR count). The van der Waals surface area contributed by atoms with E-state index < -0.39 is 0 Å². The van der Waals surface area contributed by atoms with Crippen LogP contribution in [0.1, 0.15) is 0 Å². The highest BCUT2D eigenvalue weighted by Gasteiger charge is 1.91. The molecule has 1 aromatic carbocycles. The predicted molar refractivity (Wildman–Crippen MR) is 42.0 cm³/mol. The summed E-state index contributed by atoms with van der Waals surface area (Å²) < 4.78 is 0. The standard InChI is InChI=1S/C6H6NSi2/c7-5-3-1-2-4-6(5)9-8/h1-4H,7H2. The molecule has 1 nitrogen and oxygen atoms in total. The van der Waals surface area contributed by atoms with Gasteiger partial charge in [0, 0.05) is 15.4 Å². The quantitative estimate of drug-likeness (QED) is 0.429. The Morgan fingerprint density at radius 3 is 2.44 bits per heavy atom. The Morgan fingerprint density at radius 2 is 2.00 bits per heavy atom. The van der Waals surface area contributed by atoms with E-state index in [1.54, 1.807) is 0 Å². The first kappa shape index (κ1) is 6.57. The minimum atomic E-state index is 0.609. The van der Waals surface area contributed by atoms with Crippen molar-refractivity contribution in [2.75, 3.05) is 5.73 Å². The van der Waals surface area contributed by atoms with Gasteiger partial charge in [0.05, 0.1) is 9.04 Å². The zero-order valence-electron chi connectivity index (χ0n) is 4.89. The fourth-order valence-electron chi connectivity index (χ4n) is 0.611. The normalized spacial score (nSPS) is 9.44. The number of hydrogen-bond acceptors (Lipinski definition) is 1. The van der Waals surface area contributed by atoms with E-state index in [1.165, 1.54) is 5.19 Å². The van der Waals surface area contributed by atoms with Crippen molar-refractivity contribution in [3.63, 3.8) is 0 Å². The van der Waals surface area contributed by atoms with Gasteiger partial charge in [-0.05, 0) is 11.3 Å². The Bertz CT molecular complexity index is 200. The van der Waals surface area contributed by atoms with Gasteiger partial charge in [-0.1, -0.05) is 18.2 Å². The van der Waals surface area contributed by atoms with E-state index in [0.717, 1.165) is 5.69 Å². The molecular formula is C6H6NSi2. The molecule has 3 heteroatoms. The maximum atomic E-state index is 5.61. The molecule has 2 N–H and O–H groups in total. The lowest BCUT2D eigenvalue weighted by atomic mass is 10.3. The Kier molecular flexibility index (Phi) is 2.07. The maximum Gasteiger partial charge on any atom is 0.0632 e. The van der Waals surface area contributed by atoms with Gasteiger partial charge in [0.1, 0.15) is 0 Å². The molecule has 0 spiro atoms. The van der Waals surface area contributed by atoms with Crippen LogP contribution in [0.3, 0.4) is 0 Å². The molecule has 0 unspecified atom stereocenters. The zero-order valence-corrected chi connectivity index (χ0v) is 6.89. The van der Waals surface area contributed by atoms with E-state index >= 15 is 0 Å². The van der Waals surface area contributed by atoms with Crippen LogP contribution in [-0.4, -0.2) is 18.8 Å². The summed E-state index contributed by atoms with van der Waals surface area (Å²) in [5.74, 6) is 0. The Morgan fingerprint density at radius 1 is 1.33 bits per heavy atom. The van der Waals surface area contributed by atoms with E-state index in [4.69, 9.17) is 5.73 Å². The summed E-state index contributed by atoms with van der Waals surface area (Å²) in [7, 11) is 4.01. The lowest BCUT2D eigenvalue weighted by Gasteiger charge is -1.97. The SMILES string of the molecule is Nc1ccccc1[Si][Si]. The molecule has 1 aromatic rings. The lowest BCUT2D eigenvalue weighted by molar-refractivity contribution is 1.74. The molecule has 9 heavy (non-hydrogen) atoms. The fourth-order valence-corrected chi connectivity index (χ4v) is 1.70. The molecule has 0 heterocycles. The summed E-state index contributed by atoms with van der Waals surface area (Å²) >= 11 is 0. The molecule has 0 aromatic heterocycles. The average molecular weight is 148 g/mol. The summed E-state index contributed by atoms with van der Waals surface area (Å²) in [6, 6.07) is 7.84. The van der Waals surface area contributed by atoms with Gasteiger partial charge < -0.3 is 5.73 Å². The number of benzene rings is 1. The van der Waals surface area contributed by atoms with E-state index in [1.807, 2.05) is 24.3 Å². The largest absolute Gasteiger partial charge is 0.399 e. The van der Waals surface area contributed by atoms with Crippen LogP contribution in [0.25, 0.3) is 0 Å². The molecule has 0 aliphatic heterocycles. The summed E-state index contributed by atoms with van der Waals surface area (Å²) in [4.78, 5) is 0. The number of nitrogens with two attached hydrogens (primary N) is 1. The van der Waals surface area contributed by atoms with Gasteiger partial charge >= 0.3 is 0 Å². The summed E-state index contributed by atoms with van der Waals surface area (Å²) in [6.45, 7) is 0. The fraction of sp³-hybridized carbons (Fsp3) is 0. The third-order valence-electron chi connectivity index (χ3n) is 1.10. The minimum Gasteiger partial charge on any atom is -0.399 e. The van der Waals surface area contributed by atoms with Crippen LogP contribution in [0.15, 0.2) is 24.3 Å². The van der Waals surface area contributed by atoms with Crippen LogP contribution >= 0.6 is 0 Å². The molecule has 0 saturated carbocycles. The van der Waals surface area contributed by atoms with Crippen molar-refractivity contribution >= 4 is 29.7 Å². The monoisotopic (exact) mass is 148 g/mol. The third kappa shape index (κ3) is 1.43. The van der Waals surface area contributed by atoms with Crippen molar-refractivity contribution in [1.29, 1.82) is 0 Å². The number of anilines is 1. The van der Waals surface area contributed by atoms with Crippen LogP contribution in [0.4, 0.5) is 5.69 Å². The molecule has 0 bridgehead atoms. The first-order valence-corrected chi connectivity index (χ1v) is 5.12. The van der Waals surface area contributed by atoms with Gasteiger partial charge in [0.15, 0.2) is 0 Å². The second-order valence-corrected chi connectivity index (χ2v) is 3.25. The van der Waals surface area contributed by atoms with E-state index in [-0.39, 0.29) is 0 Å². The lowest BCUT2D eigenvalue weighted by Crippen LogP contribution is -2.17. The average Bonchev–Trinajstić information content (AvgIpc) is 1.89. The number of nitrogen functional groups attached to an aromatic ring is 1. The van der Waals surface area contributed by atoms with Gasteiger partial charge in [-0.15, -0.1) is 0 Å². The number of rotatable bonds is 1. The van der Waals surface area contributed by atoms with E-state index in [9.17, 15) is 0 Å². The van der Waals surface area contributed by atoms with Crippen molar-refractivity contribution in [3.05, 3.63) is 24.3 Å². The smallest absolute Gasteiger partial charge is 0.0632 e. The second-order valence-electron chi connectivity index (χ2n) is 1.71. The topological polar surface area (TPSA) is 26.0 Å². The number of hydrogen-bond donors (Lipinski definition) is 1. The van der Waals surface area contributed by atoms with Crippen molar-refractivity contribution < 1.29 is 0 Å². The highest BCUT2D eigenvalue weighted by Crippen LogP contribution is 1.93. The second kappa shape index (κ2) is 2.84. The van der Waals surface area contributed by atoms with Gasteiger partial charge in [-0.3, -0.25) is 0 Å². The van der Waals surface area contributed by atoms with Crippen LogP contribution in [0, 0.1) is 0 Å². The summed E-state index contributed by atoms with van der Waals surface area (Å²) in [5.41, 5.74) is 6.47. The van der Waals surface area contributed by atoms with Crippen molar-refractivity contribution in [2.45, 2.75) is 0 Å². The maximum absolute atomic E-state index is 5.61. The Labute approximate surface area is 60.3 Å². The molecule has 0 atom stereocenters. The van der Waals surface area contributed by atoms with Crippen LogP contribution < -0.4 is 10.9 Å². The Hall–Kier alpha value is -0.546. The zero-order chi connectivity index (χ0) is 6.69. The molecule has 43 valence electrons. The molecule has 0 aliphatic carbocycles. The van der Waals surface area contributed by atoms with Crippen LogP contribution in [-0.2, 0) is 0 Å². The molecular weight excluding hydrogens is 142 g/mol. The first-order chi connectivity index (χ1) is 4.34. The van der Waals surface area contributed by atoms with Gasteiger partial charge in [-0.25, -0.2) is 0 Å². The molecule has 5 radical (unpaired) electrons. The van der Waals surface area contributed by atoms with E-state index in [2.05, 4.69) is 9.76 Å². The summed E-state index contributed by atoms with van der Waals surface area (Å²) in [5, 5.41) is 1.18. The highest BCUT2D eigenvalue weighted by molar-refractivity contribution is 6.98. The first-order valence-electron chi connectivity index (χ1n) is 2.62. The van der Waals surface area contributed by atoms with Crippen molar-refractivity contribution in [2.24, 2.45) is 0 Å². The molecule has 0 saturated heterocycles. The third-order valence-corrected chi connectivity index (χ3v) is 2.63. The van der Waals surface area contributed by atoms with Crippen molar-refractivity contribution in [3.8, 4) is 0 Å². The highest BCUT2D eigenvalue weighted by atomic mass is 29.1. The number of para-hydroxylation sites is 1.